The Hall–Kier alpha value is -1.30. The molecular formula is C19H27NO. The largest absolute Gasteiger partial charge is 0.384 e. The second-order valence-electron chi connectivity index (χ2n) is 6.14. The van der Waals surface area contributed by atoms with Crippen molar-refractivity contribution in [2.45, 2.75) is 46.1 Å². The zero-order valence-corrected chi connectivity index (χ0v) is 13.4. The van der Waals surface area contributed by atoms with Crippen LogP contribution in [0.3, 0.4) is 0 Å². The number of aliphatic hydroxyl groups excluding tert-OH is 1. The Morgan fingerprint density at radius 1 is 1.10 bits per heavy atom. The molecule has 0 aliphatic carbocycles. The van der Waals surface area contributed by atoms with Crippen LogP contribution < -0.4 is 0 Å². The standard InChI is InChI=1S/C19H27NO/c1-3-19(4-2)11-13-20(14-12-19)16-18-9-7-17(8-10-18)6-5-15-21/h7-10,21H,3-4,11-16H2,1-2H3. The van der Waals surface area contributed by atoms with E-state index in [0.717, 1.165) is 12.1 Å². The van der Waals surface area contributed by atoms with Gasteiger partial charge in [0.25, 0.3) is 0 Å². The second kappa shape index (κ2) is 7.64. The third-order valence-electron chi connectivity index (χ3n) is 5.09. The number of piperidine rings is 1. The highest BCUT2D eigenvalue weighted by Gasteiger charge is 2.30. The van der Waals surface area contributed by atoms with Crippen LogP contribution in [-0.4, -0.2) is 29.7 Å². The SMILES string of the molecule is CCC1(CC)CCN(Cc2ccc(C#CCO)cc2)CC1. The number of hydrogen-bond acceptors (Lipinski definition) is 2. The lowest BCUT2D eigenvalue weighted by Gasteiger charge is -2.41. The van der Waals surface area contributed by atoms with Gasteiger partial charge in [0.2, 0.25) is 0 Å². The van der Waals surface area contributed by atoms with E-state index in [-0.39, 0.29) is 6.61 Å². The average molecular weight is 285 g/mol. The first-order valence-electron chi connectivity index (χ1n) is 8.12. The van der Waals surface area contributed by atoms with Gasteiger partial charge in [0.05, 0.1) is 0 Å². The van der Waals surface area contributed by atoms with Gasteiger partial charge in [-0.1, -0.05) is 50.7 Å². The van der Waals surface area contributed by atoms with Crippen LogP contribution in [0.25, 0.3) is 0 Å². The zero-order valence-electron chi connectivity index (χ0n) is 13.4. The molecule has 0 spiro atoms. The first kappa shape index (κ1) is 16.1. The van der Waals surface area contributed by atoms with E-state index in [1.54, 1.807) is 0 Å². The lowest BCUT2D eigenvalue weighted by atomic mass is 9.74. The maximum Gasteiger partial charge on any atom is 0.104 e. The van der Waals surface area contributed by atoms with E-state index in [4.69, 9.17) is 5.11 Å². The van der Waals surface area contributed by atoms with E-state index in [2.05, 4.69) is 42.7 Å². The van der Waals surface area contributed by atoms with Crippen LogP contribution in [0.2, 0.25) is 0 Å². The number of benzene rings is 1. The molecule has 0 amide bonds. The summed E-state index contributed by atoms with van der Waals surface area (Å²) in [4.78, 5) is 2.57. The molecule has 2 rings (SSSR count). The number of rotatable bonds is 4. The fourth-order valence-electron chi connectivity index (χ4n) is 3.24. The number of nitrogens with zero attached hydrogens (tertiary/aromatic N) is 1. The van der Waals surface area contributed by atoms with Crippen molar-refractivity contribution in [2.75, 3.05) is 19.7 Å². The van der Waals surface area contributed by atoms with E-state index < -0.39 is 0 Å². The van der Waals surface area contributed by atoms with Gasteiger partial charge in [0.1, 0.15) is 6.61 Å². The number of hydrogen-bond donors (Lipinski definition) is 1. The topological polar surface area (TPSA) is 23.5 Å². The van der Waals surface area contributed by atoms with Gasteiger partial charge in [0.15, 0.2) is 0 Å². The first-order valence-corrected chi connectivity index (χ1v) is 8.12. The molecule has 2 heteroatoms. The molecule has 0 bridgehead atoms. The molecule has 2 nitrogen and oxygen atoms in total. The van der Waals surface area contributed by atoms with E-state index in [1.165, 1.54) is 44.3 Å². The van der Waals surface area contributed by atoms with E-state index >= 15 is 0 Å². The Balaban J connectivity index is 1.89. The third kappa shape index (κ3) is 4.33. The predicted octanol–water partition coefficient (Wildman–Crippen LogP) is 3.43. The fraction of sp³-hybridized carbons (Fsp3) is 0.579. The molecule has 1 fully saturated rings. The lowest BCUT2D eigenvalue weighted by Crippen LogP contribution is -2.39. The molecule has 114 valence electrons. The zero-order chi connectivity index (χ0) is 15.1. The normalized spacial score (nSPS) is 18.0. The Morgan fingerprint density at radius 2 is 1.71 bits per heavy atom. The molecule has 1 aromatic rings. The van der Waals surface area contributed by atoms with Crippen molar-refractivity contribution in [1.29, 1.82) is 0 Å². The van der Waals surface area contributed by atoms with Gasteiger partial charge in [0, 0.05) is 12.1 Å². The minimum atomic E-state index is -0.0772. The lowest BCUT2D eigenvalue weighted by molar-refractivity contribution is 0.0909. The van der Waals surface area contributed by atoms with Gasteiger partial charge in [-0.3, -0.25) is 4.90 Å². The molecule has 1 saturated heterocycles. The third-order valence-corrected chi connectivity index (χ3v) is 5.09. The highest BCUT2D eigenvalue weighted by molar-refractivity contribution is 5.36. The van der Waals surface area contributed by atoms with Crippen LogP contribution in [0.5, 0.6) is 0 Å². The number of likely N-dealkylation sites (tertiary alicyclic amines) is 1. The van der Waals surface area contributed by atoms with Crippen LogP contribution in [0, 0.1) is 17.3 Å². The van der Waals surface area contributed by atoms with Crippen LogP contribution in [0.1, 0.15) is 50.7 Å². The van der Waals surface area contributed by atoms with Gasteiger partial charge in [-0.2, -0.15) is 0 Å². The first-order chi connectivity index (χ1) is 10.2. The molecule has 0 atom stereocenters. The van der Waals surface area contributed by atoms with Crippen molar-refractivity contribution in [3.05, 3.63) is 35.4 Å². The van der Waals surface area contributed by atoms with Crippen molar-refractivity contribution in [2.24, 2.45) is 5.41 Å². The molecule has 1 aromatic carbocycles. The predicted molar refractivity (Wildman–Crippen MR) is 87.9 cm³/mol. The summed E-state index contributed by atoms with van der Waals surface area (Å²) in [5.74, 6) is 5.62. The Morgan fingerprint density at radius 3 is 2.24 bits per heavy atom. The van der Waals surface area contributed by atoms with Crippen molar-refractivity contribution in [3.8, 4) is 11.8 Å². The minimum Gasteiger partial charge on any atom is -0.384 e. The Kier molecular flexibility index (Phi) is 5.85. The molecule has 21 heavy (non-hydrogen) atoms. The summed E-state index contributed by atoms with van der Waals surface area (Å²) < 4.78 is 0. The summed E-state index contributed by atoms with van der Waals surface area (Å²) in [6.07, 6.45) is 5.30. The molecule has 1 aliphatic heterocycles. The van der Waals surface area contributed by atoms with Crippen LogP contribution >= 0.6 is 0 Å². The van der Waals surface area contributed by atoms with Crippen LogP contribution in [0.15, 0.2) is 24.3 Å². The highest BCUT2D eigenvalue weighted by atomic mass is 16.2. The molecule has 0 saturated carbocycles. The molecular weight excluding hydrogens is 258 g/mol. The van der Waals surface area contributed by atoms with Crippen molar-refractivity contribution >= 4 is 0 Å². The maximum atomic E-state index is 8.70. The summed E-state index contributed by atoms with van der Waals surface area (Å²) in [6.45, 7) is 8.07. The summed E-state index contributed by atoms with van der Waals surface area (Å²) in [6, 6.07) is 8.40. The minimum absolute atomic E-state index is 0.0772. The quantitative estimate of drug-likeness (QED) is 0.857. The second-order valence-corrected chi connectivity index (χ2v) is 6.14. The van der Waals surface area contributed by atoms with Gasteiger partial charge in [-0.05, 0) is 49.0 Å². The van der Waals surface area contributed by atoms with E-state index in [9.17, 15) is 0 Å². The van der Waals surface area contributed by atoms with Gasteiger partial charge >= 0.3 is 0 Å². The van der Waals surface area contributed by atoms with Crippen molar-refractivity contribution in [1.82, 2.24) is 4.90 Å². The van der Waals surface area contributed by atoms with E-state index in [0.29, 0.717) is 5.41 Å². The molecule has 1 heterocycles. The summed E-state index contributed by atoms with van der Waals surface area (Å²) in [5.41, 5.74) is 2.92. The average Bonchev–Trinajstić information content (AvgIpc) is 2.55. The van der Waals surface area contributed by atoms with Crippen molar-refractivity contribution in [3.63, 3.8) is 0 Å². The van der Waals surface area contributed by atoms with Gasteiger partial charge < -0.3 is 5.11 Å². The Bertz CT molecular complexity index is 481. The monoisotopic (exact) mass is 285 g/mol. The van der Waals surface area contributed by atoms with Gasteiger partial charge in [-0.25, -0.2) is 0 Å². The Labute approximate surface area is 129 Å². The van der Waals surface area contributed by atoms with Crippen LogP contribution in [0.4, 0.5) is 0 Å². The fourth-order valence-corrected chi connectivity index (χ4v) is 3.24. The van der Waals surface area contributed by atoms with Gasteiger partial charge in [-0.15, -0.1) is 0 Å². The molecule has 0 radical (unpaired) electrons. The molecule has 0 unspecified atom stereocenters. The summed E-state index contributed by atoms with van der Waals surface area (Å²) in [7, 11) is 0. The summed E-state index contributed by atoms with van der Waals surface area (Å²) >= 11 is 0. The van der Waals surface area contributed by atoms with Crippen molar-refractivity contribution < 1.29 is 5.11 Å². The van der Waals surface area contributed by atoms with Crippen LogP contribution in [-0.2, 0) is 6.54 Å². The highest BCUT2D eigenvalue weighted by Crippen LogP contribution is 2.38. The van der Waals surface area contributed by atoms with E-state index in [1.807, 2.05) is 12.1 Å². The number of aliphatic hydroxyl groups is 1. The smallest absolute Gasteiger partial charge is 0.104 e. The molecule has 0 aromatic heterocycles. The molecule has 1 aliphatic rings. The summed E-state index contributed by atoms with van der Waals surface area (Å²) in [5, 5.41) is 8.70. The maximum absolute atomic E-state index is 8.70. The molecule has 1 N–H and O–H groups in total.